The van der Waals surface area contributed by atoms with Crippen LogP contribution in [0.5, 0.6) is 0 Å². The molecule has 108 valence electrons. The third-order valence-electron chi connectivity index (χ3n) is 3.78. The number of halogens is 1. The number of fused-ring (bicyclic) bond motifs is 1. The molecular weight excluding hydrogens is 282 g/mol. The molecule has 3 aromatic rings. The summed E-state index contributed by atoms with van der Waals surface area (Å²) in [5.41, 5.74) is 4.37. The molecule has 3 heteroatoms. The predicted molar refractivity (Wildman–Crippen MR) is 88.0 cm³/mol. The Bertz CT molecular complexity index is 791. The van der Waals surface area contributed by atoms with E-state index in [9.17, 15) is 0 Å². The highest BCUT2D eigenvalue weighted by molar-refractivity contribution is 6.31. The van der Waals surface area contributed by atoms with Gasteiger partial charge in [0.15, 0.2) is 0 Å². The second kappa shape index (κ2) is 5.55. The Morgan fingerprint density at radius 1 is 1.05 bits per heavy atom. The second-order valence-electron chi connectivity index (χ2n) is 5.42. The van der Waals surface area contributed by atoms with Crippen molar-refractivity contribution < 1.29 is 4.42 Å². The summed E-state index contributed by atoms with van der Waals surface area (Å²) in [6.07, 6.45) is 0. The van der Waals surface area contributed by atoms with Gasteiger partial charge in [0.1, 0.15) is 11.3 Å². The molecule has 3 rings (SSSR count). The van der Waals surface area contributed by atoms with Crippen LogP contribution >= 0.6 is 11.6 Å². The van der Waals surface area contributed by atoms with Gasteiger partial charge in [-0.05, 0) is 56.3 Å². The number of aryl methyl sites for hydroxylation is 2. The minimum absolute atomic E-state index is 0.0219. The summed E-state index contributed by atoms with van der Waals surface area (Å²) in [6, 6.07) is 14.4. The van der Waals surface area contributed by atoms with Gasteiger partial charge in [0.2, 0.25) is 0 Å². The molecule has 0 fully saturated rings. The molecule has 1 aromatic heterocycles. The van der Waals surface area contributed by atoms with E-state index >= 15 is 0 Å². The van der Waals surface area contributed by atoms with Crippen molar-refractivity contribution in [2.75, 3.05) is 7.05 Å². The van der Waals surface area contributed by atoms with Crippen molar-refractivity contribution in [3.05, 3.63) is 69.9 Å². The molecule has 0 aliphatic carbocycles. The van der Waals surface area contributed by atoms with Gasteiger partial charge in [0, 0.05) is 10.4 Å². The normalized spacial score (nSPS) is 12.8. The van der Waals surface area contributed by atoms with Crippen LogP contribution in [-0.2, 0) is 0 Å². The largest absolute Gasteiger partial charge is 0.459 e. The van der Waals surface area contributed by atoms with E-state index in [-0.39, 0.29) is 6.04 Å². The van der Waals surface area contributed by atoms with E-state index in [0.29, 0.717) is 0 Å². The van der Waals surface area contributed by atoms with Crippen LogP contribution in [0.15, 0.2) is 46.9 Å². The fraction of sp³-hybridized carbons (Fsp3) is 0.222. The third-order valence-corrected chi connectivity index (χ3v) is 4.20. The highest BCUT2D eigenvalue weighted by Crippen LogP contribution is 2.30. The van der Waals surface area contributed by atoms with E-state index in [4.69, 9.17) is 16.0 Å². The minimum Gasteiger partial charge on any atom is -0.459 e. The fourth-order valence-electron chi connectivity index (χ4n) is 2.65. The molecular formula is C18H18ClNO. The lowest BCUT2D eigenvalue weighted by Gasteiger charge is -2.15. The van der Waals surface area contributed by atoms with Crippen molar-refractivity contribution in [1.29, 1.82) is 0 Å². The standard InChI is InChI=1S/C18H18ClNO/c1-11-4-7-16-14(8-11)10-17(21-16)18(20-3)13-5-6-15(19)12(2)9-13/h4-10,18,20H,1-3H3. The third kappa shape index (κ3) is 2.69. The van der Waals surface area contributed by atoms with Crippen LogP contribution in [0, 0.1) is 13.8 Å². The zero-order valence-corrected chi connectivity index (χ0v) is 13.2. The Hall–Kier alpha value is -1.77. The quantitative estimate of drug-likeness (QED) is 0.735. The molecule has 0 spiro atoms. The summed E-state index contributed by atoms with van der Waals surface area (Å²) in [5, 5.41) is 5.24. The van der Waals surface area contributed by atoms with Gasteiger partial charge in [-0.2, -0.15) is 0 Å². The first kappa shape index (κ1) is 14.2. The van der Waals surface area contributed by atoms with Gasteiger partial charge in [0.25, 0.3) is 0 Å². The van der Waals surface area contributed by atoms with E-state index in [0.717, 1.165) is 32.9 Å². The molecule has 0 amide bonds. The maximum Gasteiger partial charge on any atom is 0.134 e. The molecule has 2 aromatic carbocycles. The maximum absolute atomic E-state index is 6.11. The van der Waals surface area contributed by atoms with Crippen molar-refractivity contribution >= 4 is 22.6 Å². The van der Waals surface area contributed by atoms with Crippen LogP contribution in [0.3, 0.4) is 0 Å². The van der Waals surface area contributed by atoms with Crippen molar-refractivity contribution in [3.63, 3.8) is 0 Å². The van der Waals surface area contributed by atoms with E-state index in [1.54, 1.807) is 0 Å². The van der Waals surface area contributed by atoms with E-state index in [1.807, 2.05) is 32.2 Å². The highest BCUT2D eigenvalue weighted by atomic mass is 35.5. The Morgan fingerprint density at radius 2 is 1.86 bits per heavy atom. The van der Waals surface area contributed by atoms with Crippen LogP contribution in [0.25, 0.3) is 11.0 Å². The van der Waals surface area contributed by atoms with Gasteiger partial charge < -0.3 is 9.73 Å². The first-order chi connectivity index (χ1) is 10.1. The molecule has 1 N–H and O–H groups in total. The first-order valence-electron chi connectivity index (χ1n) is 7.02. The van der Waals surface area contributed by atoms with Gasteiger partial charge in [-0.15, -0.1) is 0 Å². The second-order valence-corrected chi connectivity index (χ2v) is 5.83. The monoisotopic (exact) mass is 299 g/mol. The smallest absolute Gasteiger partial charge is 0.134 e. The number of hydrogen-bond donors (Lipinski definition) is 1. The Morgan fingerprint density at radius 3 is 2.57 bits per heavy atom. The Kier molecular flexibility index (Phi) is 3.75. The SMILES string of the molecule is CNC(c1ccc(Cl)c(C)c1)c1cc2cc(C)ccc2o1. The van der Waals surface area contributed by atoms with Crippen LogP contribution in [0.2, 0.25) is 5.02 Å². The molecule has 0 saturated heterocycles. The molecule has 0 aliphatic heterocycles. The minimum atomic E-state index is 0.0219. The van der Waals surface area contributed by atoms with E-state index in [2.05, 4.69) is 36.5 Å². The lowest BCUT2D eigenvalue weighted by Crippen LogP contribution is -2.17. The maximum atomic E-state index is 6.11. The molecule has 2 nitrogen and oxygen atoms in total. The summed E-state index contributed by atoms with van der Waals surface area (Å²) < 4.78 is 6.01. The van der Waals surface area contributed by atoms with Crippen LogP contribution < -0.4 is 5.32 Å². The number of furan rings is 1. The van der Waals surface area contributed by atoms with Gasteiger partial charge in [-0.1, -0.05) is 35.4 Å². The summed E-state index contributed by atoms with van der Waals surface area (Å²) >= 11 is 6.11. The van der Waals surface area contributed by atoms with Crippen molar-refractivity contribution in [2.24, 2.45) is 0 Å². The van der Waals surface area contributed by atoms with E-state index in [1.165, 1.54) is 5.56 Å². The lowest BCUT2D eigenvalue weighted by atomic mass is 10.0. The number of hydrogen-bond acceptors (Lipinski definition) is 2. The fourth-order valence-corrected chi connectivity index (χ4v) is 2.76. The van der Waals surface area contributed by atoms with Crippen LogP contribution in [-0.4, -0.2) is 7.05 Å². The zero-order chi connectivity index (χ0) is 15.0. The van der Waals surface area contributed by atoms with Gasteiger partial charge in [-0.3, -0.25) is 0 Å². The molecule has 21 heavy (non-hydrogen) atoms. The molecule has 0 aliphatic rings. The predicted octanol–water partition coefficient (Wildman–Crippen LogP) is 5.01. The number of rotatable bonds is 3. The molecule has 1 unspecified atom stereocenters. The summed E-state index contributed by atoms with van der Waals surface area (Å²) in [7, 11) is 1.94. The van der Waals surface area contributed by atoms with Gasteiger partial charge in [0.05, 0.1) is 6.04 Å². The van der Waals surface area contributed by atoms with Gasteiger partial charge in [-0.25, -0.2) is 0 Å². The highest BCUT2D eigenvalue weighted by Gasteiger charge is 2.17. The zero-order valence-electron chi connectivity index (χ0n) is 12.4. The van der Waals surface area contributed by atoms with E-state index < -0.39 is 0 Å². The Labute approximate surface area is 129 Å². The summed E-state index contributed by atoms with van der Waals surface area (Å²) in [5.74, 6) is 0.917. The number of nitrogens with one attached hydrogen (secondary N) is 1. The van der Waals surface area contributed by atoms with Crippen molar-refractivity contribution in [1.82, 2.24) is 5.32 Å². The van der Waals surface area contributed by atoms with Crippen molar-refractivity contribution in [3.8, 4) is 0 Å². The molecule has 1 heterocycles. The lowest BCUT2D eigenvalue weighted by molar-refractivity contribution is 0.491. The van der Waals surface area contributed by atoms with Gasteiger partial charge >= 0.3 is 0 Å². The molecule has 0 saturated carbocycles. The Balaban J connectivity index is 2.06. The average Bonchev–Trinajstić information content (AvgIpc) is 2.86. The van der Waals surface area contributed by atoms with Crippen LogP contribution in [0.1, 0.15) is 28.5 Å². The summed E-state index contributed by atoms with van der Waals surface area (Å²) in [6.45, 7) is 4.10. The van der Waals surface area contributed by atoms with Crippen molar-refractivity contribution in [2.45, 2.75) is 19.9 Å². The average molecular weight is 300 g/mol. The summed E-state index contributed by atoms with van der Waals surface area (Å²) in [4.78, 5) is 0. The topological polar surface area (TPSA) is 25.2 Å². The molecule has 0 bridgehead atoms. The molecule has 0 radical (unpaired) electrons. The van der Waals surface area contributed by atoms with Crippen LogP contribution in [0.4, 0.5) is 0 Å². The number of benzene rings is 2. The molecule has 1 atom stereocenters. The first-order valence-corrected chi connectivity index (χ1v) is 7.39.